The van der Waals surface area contributed by atoms with E-state index in [9.17, 15) is 9.90 Å². The van der Waals surface area contributed by atoms with Gasteiger partial charge < -0.3 is 16.6 Å². The van der Waals surface area contributed by atoms with Crippen molar-refractivity contribution in [3.8, 4) is 22.1 Å². The molecule has 1 aromatic carbocycles. The third-order valence-electron chi connectivity index (χ3n) is 3.81. The van der Waals surface area contributed by atoms with Gasteiger partial charge in [-0.2, -0.15) is 5.10 Å². The molecule has 0 aliphatic carbocycles. The van der Waals surface area contributed by atoms with E-state index >= 15 is 0 Å². The number of aromatic hydroxyl groups is 1. The Morgan fingerprint density at radius 1 is 1.29 bits per heavy atom. The van der Waals surface area contributed by atoms with Gasteiger partial charge in [0.25, 0.3) is 5.91 Å². The lowest BCUT2D eigenvalue weighted by Crippen LogP contribution is -2.14. The van der Waals surface area contributed by atoms with Crippen LogP contribution in [0.2, 0.25) is 0 Å². The quantitative estimate of drug-likeness (QED) is 0.674. The summed E-state index contributed by atoms with van der Waals surface area (Å²) in [6.45, 7) is 5.55. The van der Waals surface area contributed by atoms with Crippen molar-refractivity contribution in [2.45, 2.75) is 20.8 Å². The van der Waals surface area contributed by atoms with Gasteiger partial charge in [-0.05, 0) is 32.4 Å². The van der Waals surface area contributed by atoms with Crippen LogP contribution in [0.1, 0.15) is 26.4 Å². The lowest BCUT2D eigenvalue weighted by molar-refractivity contribution is 0.100. The number of nitrogens with zero attached hydrogens (tertiary/aromatic N) is 3. The van der Waals surface area contributed by atoms with E-state index in [0.29, 0.717) is 22.0 Å². The van der Waals surface area contributed by atoms with Crippen molar-refractivity contribution < 1.29 is 9.90 Å². The average Bonchev–Trinajstić information content (AvgIpc) is 3.08. The average molecular weight is 343 g/mol. The highest BCUT2D eigenvalue weighted by Crippen LogP contribution is 2.34. The molecule has 0 fully saturated rings. The third kappa shape index (κ3) is 2.41. The van der Waals surface area contributed by atoms with Gasteiger partial charge in [0.2, 0.25) is 0 Å². The number of amides is 1. The number of phenolic OH excluding ortho intramolecular Hbond substituents is 1. The Kier molecular flexibility index (Phi) is 3.76. The second-order valence-corrected chi connectivity index (χ2v) is 6.77. The monoisotopic (exact) mass is 343 g/mol. The van der Waals surface area contributed by atoms with E-state index in [1.54, 1.807) is 25.3 Å². The minimum absolute atomic E-state index is 0.123. The number of primary amides is 1. The summed E-state index contributed by atoms with van der Waals surface area (Å²) < 4.78 is 1.44. The summed E-state index contributed by atoms with van der Waals surface area (Å²) in [7, 11) is 0. The summed E-state index contributed by atoms with van der Waals surface area (Å²) in [4.78, 5) is 17.2. The molecule has 124 valence electrons. The number of carbonyl (C=O) groups excluding carboxylic acids is 1. The van der Waals surface area contributed by atoms with Gasteiger partial charge >= 0.3 is 0 Å². The first-order valence-corrected chi connectivity index (χ1v) is 8.03. The van der Waals surface area contributed by atoms with Crippen molar-refractivity contribution in [3.05, 3.63) is 39.9 Å². The minimum Gasteiger partial charge on any atom is -0.508 e. The fourth-order valence-corrected chi connectivity index (χ4v) is 3.36. The molecular formula is C16H17N5O2S. The Balaban J connectivity index is 2.32. The van der Waals surface area contributed by atoms with E-state index in [-0.39, 0.29) is 17.1 Å². The number of hydrogen-bond acceptors (Lipinski definition) is 6. The number of carbonyl (C=O) groups is 1. The Hall–Kier alpha value is -2.87. The van der Waals surface area contributed by atoms with E-state index < -0.39 is 5.91 Å². The smallest absolute Gasteiger partial charge is 0.254 e. The number of benzene rings is 1. The van der Waals surface area contributed by atoms with Crippen molar-refractivity contribution >= 4 is 23.1 Å². The highest BCUT2D eigenvalue weighted by atomic mass is 32.1. The standard InChI is InChI=1S/C16H17N5O2S/c1-7-4-5-10(22)9(3)13(7)21-14(17)11(15(18)23)12(20-21)16-19-6-8(2)24-16/h4-6,22H,17H2,1-3H3,(H2,18,23). The normalized spacial score (nSPS) is 11.0. The second kappa shape index (κ2) is 5.64. The van der Waals surface area contributed by atoms with Gasteiger partial charge in [-0.15, -0.1) is 11.3 Å². The fraction of sp³-hybridized carbons (Fsp3) is 0.188. The summed E-state index contributed by atoms with van der Waals surface area (Å²) in [5.74, 6) is -0.419. The number of nitrogens with two attached hydrogens (primary N) is 2. The fourth-order valence-electron chi connectivity index (χ4n) is 2.61. The summed E-state index contributed by atoms with van der Waals surface area (Å²) in [6.07, 6.45) is 1.70. The molecule has 3 rings (SSSR count). The zero-order chi connectivity index (χ0) is 17.6. The minimum atomic E-state index is -0.669. The first-order valence-electron chi connectivity index (χ1n) is 7.22. The molecule has 2 heterocycles. The Morgan fingerprint density at radius 2 is 2.00 bits per heavy atom. The molecule has 5 N–H and O–H groups in total. The van der Waals surface area contributed by atoms with Gasteiger partial charge in [0.1, 0.15) is 27.8 Å². The van der Waals surface area contributed by atoms with Crippen molar-refractivity contribution in [2.24, 2.45) is 5.73 Å². The number of anilines is 1. The second-order valence-electron chi connectivity index (χ2n) is 5.54. The van der Waals surface area contributed by atoms with Crippen molar-refractivity contribution in [1.29, 1.82) is 0 Å². The van der Waals surface area contributed by atoms with Crippen LogP contribution in [0, 0.1) is 20.8 Å². The van der Waals surface area contributed by atoms with Crippen molar-refractivity contribution in [3.63, 3.8) is 0 Å². The molecule has 0 saturated heterocycles. The molecule has 0 atom stereocenters. The number of phenols is 1. The number of nitrogen functional groups attached to an aromatic ring is 1. The summed E-state index contributed by atoms with van der Waals surface area (Å²) in [5, 5.41) is 15.0. The SMILES string of the molecule is Cc1cnc(-c2nn(-c3c(C)ccc(O)c3C)c(N)c2C(N)=O)s1. The van der Waals surface area contributed by atoms with Crippen LogP contribution in [-0.4, -0.2) is 25.8 Å². The number of rotatable bonds is 3. The summed E-state index contributed by atoms with van der Waals surface area (Å²) >= 11 is 1.40. The zero-order valence-electron chi connectivity index (χ0n) is 13.5. The highest BCUT2D eigenvalue weighted by molar-refractivity contribution is 7.14. The largest absolute Gasteiger partial charge is 0.508 e. The number of aryl methyl sites for hydroxylation is 2. The summed E-state index contributed by atoms with van der Waals surface area (Å²) in [5.41, 5.74) is 14.2. The van der Waals surface area contributed by atoms with E-state index in [1.165, 1.54) is 16.0 Å². The first kappa shape index (κ1) is 16.0. The van der Waals surface area contributed by atoms with E-state index in [2.05, 4.69) is 10.1 Å². The predicted octanol–water partition coefficient (Wildman–Crippen LogP) is 2.31. The van der Waals surface area contributed by atoms with Crippen LogP contribution in [0.5, 0.6) is 5.75 Å². The Morgan fingerprint density at radius 3 is 2.58 bits per heavy atom. The summed E-state index contributed by atoms with van der Waals surface area (Å²) in [6, 6.07) is 3.36. The first-order chi connectivity index (χ1) is 11.3. The Bertz CT molecular complexity index is 958. The molecule has 24 heavy (non-hydrogen) atoms. The maximum Gasteiger partial charge on any atom is 0.254 e. The number of aromatic nitrogens is 3. The van der Waals surface area contributed by atoms with Crippen molar-refractivity contribution in [2.75, 3.05) is 5.73 Å². The molecule has 2 aromatic heterocycles. The predicted molar refractivity (Wildman–Crippen MR) is 93.5 cm³/mol. The molecule has 0 aliphatic rings. The van der Waals surface area contributed by atoms with Crippen LogP contribution < -0.4 is 11.5 Å². The van der Waals surface area contributed by atoms with E-state index in [1.807, 2.05) is 13.8 Å². The van der Waals surface area contributed by atoms with Gasteiger partial charge in [-0.1, -0.05) is 6.07 Å². The highest BCUT2D eigenvalue weighted by Gasteiger charge is 2.25. The molecule has 0 spiro atoms. The molecule has 8 heteroatoms. The van der Waals surface area contributed by atoms with Crippen molar-refractivity contribution in [1.82, 2.24) is 14.8 Å². The molecule has 7 nitrogen and oxygen atoms in total. The van der Waals surface area contributed by atoms with Gasteiger partial charge in [-0.25, -0.2) is 9.67 Å². The van der Waals surface area contributed by atoms with Crippen LogP contribution in [0.4, 0.5) is 5.82 Å². The maximum atomic E-state index is 11.9. The molecular weight excluding hydrogens is 326 g/mol. The molecule has 3 aromatic rings. The van der Waals surface area contributed by atoms with Crippen LogP contribution in [0.15, 0.2) is 18.3 Å². The zero-order valence-corrected chi connectivity index (χ0v) is 14.3. The van der Waals surface area contributed by atoms with Crippen LogP contribution >= 0.6 is 11.3 Å². The molecule has 0 bridgehead atoms. The van der Waals surface area contributed by atoms with Gasteiger partial charge in [0, 0.05) is 16.6 Å². The lowest BCUT2D eigenvalue weighted by Gasteiger charge is -2.12. The van der Waals surface area contributed by atoms with E-state index in [0.717, 1.165) is 10.4 Å². The topological polar surface area (TPSA) is 120 Å². The van der Waals surface area contributed by atoms with Crippen LogP contribution in [0.3, 0.4) is 0 Å². The molecule has 0 saturated carbocycles. The third-order valence-corrected chi connectivity index (χ3v) is 4.73. The van der Waals surface area contributed by atoms with Gasteiger partial charge in [0.15, 0.2) is 0 Å². The lowest BCUT2D eigenvalue weighted by atomic mass is 10.1. The molecule has 1 amide bonds. The van der Waals surface area contributed by atoms with Gasteiger partial charge in [0.05, 0.1) is 5.69 Å². The molecule has 0 aliphatic heterocycles. The van der Waals surface area contributed by atoms with Gasteiger partial charge in [-0.3, -0.25) is 4.79 Å². The molecule has 0 radical (unpaired) electrons. The van der Waals surface area contributed by atoms with E-state index in [4.69, 9.17) is 11.5 Å². The molecule has 0 unspecified atom stereocenters. The Labute approximate surface area is 142 Å². The van der Waals surface area contributed by atoms with Crippen LogP contribution in [-0.2, 0) is 0 Å². The number of thiazole rings is 1. The maximum absolute atomic E-state index is 11.9. The van der Waals surface area contributed by atoms with Crippen LogP contribution in [0.25, 0.3) is 16.4 Å². The number of hydrogen-bond donors (Lipinski definition) is 3.